The maximum atomic E-state index is 10.5. The number of aliphatic imine (C=N–C) groups is 8. The van der Waals surface area contributed by atoms with Crippen LogP contribution in [0.2, 0.25) is 0 Å². The van der Waals surface area contributed by atoms with Crippen molar-refractivity contribution in [2.45, 2.75) is 105 Å². The summed E-state index contributed by atoms with van der Waals surface area (Å²) in [7, 11) is 0. The first-order valence-corrected chi connectivity index (χ1v) is 16.5. The third kappa shape index (κ3) is 8.68. The molecule has 5 aliphatic rings. The topological polar surface area (TPSA) is 239 Å². The monoisotopic (exact) mass is 760 g/mol. The Morgan fingerprint density at radius 1 is 0.547 bits per heavy atom. The third-order valence-corrected chi connectivity index (χ3v) is 6.92. The normalized spacial score (nSPS) is 19.4. The molecule has 8 bridgehead atoms. The zero-order valence-corrected chi connectivity index (χ0v) is 35.0. The minimum atomic E-state index is -0.657. The predicted octanol–water partition coefficient (Wildman–Crippen LogP) is 3.89. The average Bonchev–Trinajstić information content (AvgIpc) is 3.67. The van der Waals surface area contributed by atoms with E-state index in [1.165, 1.54) is 0 Å². The van der Waals surface area contributed by atoms with Gasteiger partial charge in [-0.1, -0.05) is 0 Å². The second-order valence-corrected chi connectivity index (χ2v) is 16.4. The Balaban J connectivity index is 0.00000627. The third-order valence-electron chi connectivity index (χ3n) is 6.92. The van der Waals surface area contributed by atoms with Crippen LogP contribution in [0.1, 0.15) is 83.1 Å². The van der Waals surface area contributed by atoms with Crippen molar-refractivity contribution in [3.05, 3.63) is 56.0 Å². The van der Waals surface area contributed by atoms with Gasteiger partial charge in [-0.2, -0.15) is 10.5 Å². The van der Waals surface area contributed by atoms with E-state index in [-0.39, 0.29) is 111 Å². The van der Waals surface area contributed by atoms with Crippen LogP contribution in [0.5, 0.6) is 0 Å². The van der Waals surface area contributed by atoms with E-state index in [4.69, 9.17) is 25.0 Å². The fourth-order valence-electron chi connectivity index (χ4n) is 5.18. The summed E-state index contributed by atoms with van der Waals surface area (Å²) in [5, 5.41) is 55.0. The maximum absolute atomic E-state index is 10.5. The van der Waals surface area contributed by atoms with Crippen molar-refractivity contribution in [3.8, 4) is 12.1 Å². The van der Waals surface area contributed by atoms with Gasteiger partial charge in [0.25, 0.3) is 0 Å². The number of nitrogens with one attached hydrogen (secondary N) is 4. The molecule has 0 aliphatic carbocycles. The molecule has 0 unspecified atom stereocenters. The first-order valence-electron chi connectivity index (χ1n) is 16.5. The Bertz CT molecular complexity index is 2230. The summed E-state index contributed by atoms with van der Waals surface area (Å²) in [6.45, 7) is 22.8. The standard InChI is InChI=1S/C36H40N16.Zn/c1-33(2,3)49-21-17(13-37)25-41-29(21)45-26-18(14-38)22(50-34(4,5)6)31(42-26)47-28-20(16-40)24(52-36(10,11)12)32(44-28)48-27-19(15-39)23(30(43-27)46-25)51-35(7,8)9;/h49-51H,1-12H3,(H,41,42,43,44,45,46,47,48);/q-2;+2. The summed E-state index contributed by atoms with van der Waals surface area (Å²) in [6.07, 6.45) is 0. The average molecular weight is 762 g/mol. The second kappa shape index (κ2) is 14.0. The number of fused-ring (bicyclic) bond motifs is 5. The van der Waals surface area contributed by atoms with Crippen LogP contribution in [0.15, 0.2) is 85.1 Å². The zero-order valence-electron chi connectivity index (χ0n) is 32.1. The van der Waals surface area contributed by atoms with Crippen LogP contribution in [0.25, 0.3) is 10.8 Å². The van der Waals surface area contributed by atoms with E-state index < -0.39 is 22.2 Å². The molecule has 266 valence electrons. The molecule has 0 aromatic carbocycles. The van der Waals surface area contributed by atoms with Gasteiger partial charge in [-0.05, 0) is 83.1 Å². The number of nitrogens with zero attached hydrogens (tertiary/aromatic N) is 12. The van der Waals surface area contributed by atoms with Gasteiger partial charge in [-0.3, -0.25) is 16.7 Å². The van der Waals surface area contributed by atoms with Crippen LogP contribution >= 0.6 is 0 Å². The molecule has 5 heterocycles. The van der Waals surface area contributed by atoms with E-state index in [0.717, 1.165) is 0 Å². The number of hydrogen-bond donors (Lipinski definition) is 4. The number of nitriles is 2. The minimum absolute atomic E-state index is 0. The van der Waals surface area contributed by atoms with Crippen LogP contribution in [0.3, 0.4) is 0 Å². The molecule has 0 amide bonds. The van der Waals surface area contributed by atoms with Gasteiger partial charge in [0.15, 0.2) is 40.8 Å². The number of rotatable bonds is 3. The van der Waals surface area contributed by atoms with E-state index in [1.54, 1.807) is 0 Å². The molecule has 5 rings (SSSR count). The fraction of sp³-hybridized carbons (Fsp3) is 0.444. The minimum Gasteiger partial charge on any atom is -0.763 e. The van der Waals surface area contributed by atoms with Gasteiger partial charge < -0.3 is 32.1 Å². The van der Waals surface area contributed by atoms with Crippen molar-refractivity contribution in [2.24, 2.45) is 39.9 Å². The molecule has 0 aromatic rings. The Hall–Kier alpha value is -5.72. The molecule has 16 nitrogen and oxygen atoms in total. The van der Waals surface area contributed by atoms with E-state index in [1.807, 2.05) is 83.1 Å². The Kier molecular flexibility index (Phi) is 10.6. The molecule has 0 atom stereocenters. The molecule has 5 aliphatic heterocycles. The molecule has 0 aromatic heterocycles. The van der Waals surface area contributed by atoms with Crippen LogP contribution in [0, 0.1) is 22.7 Å². The number of hydrogen-bond acceptors (Lipinski definition) is 14. The predicted molar refractivity (Wildman–Crippen MR) is 207 cm³/mol. The van der Waals surface area contributed by atoms with Gasteiger partial charge >= 0.3 is 19.5 Å². The fourth-order valence-corrected chi connectivity index (χ4v) is 5.18. The van der Waals surface area contributed by atoms with Gasteiger partial charge in [0, 0.05) is 16.6 Å². The van der Waals surface area contributed by atoms with Crippen molar-refractivity contribution in [2.75, 3.05) is 0 Å². The second-order valence-electron chi connectivity index (χ2n) is 16.4. The van der Waals surface area contributed by atoms with Crippen LogP contribution in [0.4, 0.5) is 0 Å². The van der Waals surface area contributed by atoms with Gasteiger partial charge in [0.05, 0.1) is 22.4 Å². The summed E-state index contributed by atoms with van der Waals surface area (Å²) in [5.74, 6) is 4.70. The van der Waals surface area contributed by atoms with Gasteiger partial charge in [-0.15, -0.1) is 0 Å². The molecule has 0 radical (unpaired) electrons. The molecule has 1 saturated heterocycles. The summed E-state index contributed by atoms with van der Waals surface area (Å²) in [6, 6.07) is 4.41. The SMILES string of the molecule is CC(C)(C)N=C1C(=C=[N-])C2=NC3=C(NC(C)(C)C)C(=C=[N-])C(=N3)N=C3N=C(N=C4N=C(N=C1N2)C(C#N)=C4NC(C)(C)C)C(C#N)=C3NC(C)(C)C.[Zn+2]. The van der Waals surface area contributed by atoms with E-state index >= 15 is 0 Å². The van der Waals surface area contributed by atoms with E-state index in [2.05, 4.69) is 60.1 Å². The van der Waals surface area contributed by atoms with E-state index in [0.29, 0.717) is 0 Å². The molecule has 0 spiro atoms. The summed E-state index contributed by atoms with van der Waals surface area (Å²) >= 11 is 0. The smallest absolute Gasteiger partial charge is 0.763 e. The van der Waals surface area contributed by atoms with Gasteiger partial charge in [0.2, 0.25) is 0 Å². The first kappa shape index (κ1) is 40.1. The maximum Gasteiger partial charge on any atom is 2.00 e. The quantitative estimate of drug-likeness (QED) is 0.246. The van der Waals surface area contributed by atoms with Crippen molar-refractivity contribution in [3.63, 3.8) is 0 Å². The van der Waals surface area contributed by atoms with Crippen LogP contribution < -0.4 is 21.3 Å². The van der Waals surface area contributed by atoms with Crippen LogP contribution in [-0.4, -0.2) is 80.5 Å². The zero-order chi connectivity index (χ0) is 38.6. The number of amidine groups is 7. The Morgan fingerprint density at radius 2 is 0.981 bits per heavy atom. The molecule has 0 saturated carbocycles. The largest absolute Gasteiger partial charge is 2.00 e. The van der Waals surface area contributed by atoms with Gasteiger partial charge in [0.1, 0.15) is 46.2 Å². The summed E-state index contributed by atoms with van der Waals surface area (Å²) in [4.78, 5) is 37.8. The Labute approximate surface area is 321 Å². The molecule has 1 fully saturated rings. The van der Waals surface area contributed by atoms with E-state index in [9.17, 15) is 21.3 Å². The first-order chi connectivity index (χ1) is 24.0. The molecular weight excluding hydrogens is 722 g/mol. The molecular formula is C36H40N16Zn. The van der Waals surface area contributed by atoms with Gasteiger partial charge in [-0.25, -0.2) is 34.9 Å². The van der Waals surface area contributed by atoms with Crippen molar-refractivity contribution < 1.29 is 19.5 Å². The molecule has 4 N–H and O–H groups in total. The molecule has 17 heteroatoms. The molecule has 53 heavy (non-hydrogen) atoms. The van der Waals surface area contributed by atoms with Crippen molar-refractivity contribution in [1.29, 1.82) is 10.5 Å². The van der Waals surface area contributed by atoms with Crippen molar-refractivity contribution in [1.82, 2.24) is 21.3 Å². The Morgan fingerprint density at radius 3 is 1.42 bits per heavy atom. The summed E-state index contributed by atoms with van der Waals surface area (Å²) < 4.78 is 0. The van der Waals surface area contributed by atoms with Crippen molar-refractivity contribution >= 4 is 58.3 Å². The van der Waals surface area contributed by atoms with Crippen LogP contribution in [-0.2, 0) is 19.5 Å². The summed E-state index contributed by atoms with van der Waals surface area (Å²) in [5.41, 5.74) is -1.00.